The van der Waals surface area contributed by atoms with Crippen molar-refractivity contribution >= 4 is 23.3 Å². The zero-order valence-electron chi connectivity index (χ0n) is 8.41. The van der Waals surface area contributed by atoms with Gasteiger partial charge in [-0.2, -0.15) is 0 Å². The SMILES string of the molecule is Cc1c(NC(=O)CCl)nnn1C(C)C. The monoisotopic (exact) mass is 216 g/mol. The molecule has 6 heteroatoms. The quantitative estimate of drug-likeness (QED) is 0.776. The molecule has 0 bridgehead atoms. The highest BCUT2D eigenvalue weighted by Crippen LogP contribution is 2.14. The average Bonchev–Trinajstić information content (AvgIpc) is 2.48. The van der Waals surface area contributed by atoms with Gasteiger partial charge in [-0.3, -0.25) is 4.79 Å². The number of halogens is 1. The van der Waals surface area contributed by atoms with Crippen LogP contribution in [-0.4, -0.2) is 26.8 Å². The summed E-state index contributed by atoms with van der Waals surface area (Å²) in [6.45, 7) is 5.84. The first-order valence-corrected chi connectivity index (χ1v) is 4.87. The minimum absolute atomic E-state index is 0.0754. The predicted octanol–water partition coefficient (Wildman–Crippen LogP) is 1.34. The maximum Gasteiger partial charge on any atom is 0.240 e. The van der Waals surface area contributed by atoms with Gasteiger partial charge in [-0.05, 0) is 20.8 Å². The van der Waals surface area contributed by atoms with Crippen LogP contribution in [0.1, 0.15) is 25.6 Å². The number of carbonyl (C=O) groups is 1. The van der Waals surface area contributed by atoms with Crippen LogP contribution in [0.3, 0.4) is 0 Å². The molecule has 0 atom stereocenters. The Kier molecular flexibility index (Phi) is 3.46. The van der Waals surface area contributed by atoms with Crippen molar-refractivity contribution in [3.8, 4) is 0 Å². The third kappa shape index (κ3) is 2.23. The van der Waals surface area contributed by atoms with E-state index in [1.807, 2.05) is 20.8 Å². The molecule has 0 radical (unpaired) electrons. The summed E-state index contributed by atoms with van der Waals surface area (Å²) in [5, 5.41) is 10.3. The standard InChI is InChI=1S/C8H13ClN4O/c1-5(2)13-6(3)8(11-12-13)10-7(14)4-9/h5H,4H2,1-3H3,(H,10,14). The Labute approximate surface area is 87.4 Å². The van der Waals surface area contributed by atoms with Crippen LogP contribution in [0.4, 0.5) is 5.82 Å². The molecule has 0 saturated carbocycles. The Morgan fingerprint density at radius 2 is 2.29 bits per heavy atom. The predicted molar refractivity (Wildman–Crippen MR) is 54.5 cm³/mol. The smallest absolute Gasteiger partial charge is 0.240 e. The van der Waals surface area contributed by atoms with Gasteiger partial charge >= 0.3 is 0 Å². The molecule has 0 aliphatic rings. The number of anilines is 1. The van der Waals surface area contributed by atoms with Crippen LogP contribution in [-0.2, 0) is 4.79 Å². The van der Waals surface area contributed by atoms with Crippen molar-refractivity contribution in [2.75, 3.05) is 11.2 Å². The van der Waals surface area contributed by atoms with Crippen LogP contribution in [0.2, 0.25) is 0 Å². The van der Waals surface area contributed by atoms with Gasteiger partial charge in [0.1, 0.15) is 5.88 Å². The van der Waals surface area contributed by atoms with Gasteiger partial charge in [0.05, 0.1) is 5.69 Å². The first kappa shape index (κ1) is 11.0. The maximum absolute atomic E-state index is 11.0. The third-order valence-electron chi connectivity index (χ3n) is 1.80. The lowest BCUT2D eigenvalue weighted by Gasteiger charge is -2.06. The Morgan fingerprint density at radius 3 is 2.71 bits per heavy atom. The highest BCUT2D eigenvalue weighted by atomic mass is 35.5. The van der Waals surface area contributed by atoms with E-state index < -0.39 is 0 Å². The highest BCUT2D eigenvalue weighted by molar-refractivity contribution is 6.29. The first-order chi connectivity index (χ1) is 6.56. The second kappa shape index (κ2) is 4.41. The molecule has 0 unspecified atom stereocenters. The number of nitrogens with zero attached hydrogens (tertiary/aromatic N) is 3. The number of hydrogen-bond acceptors (Lipinski definition) is 3. The van der Waals surface area contributed by atoms with Crippen LogP contribution in [0, 0.1) is 6.92 Å². The van der Waals surface area contributed by atoms with Crippen molar-refractivity contribution in [1.82, 2.24) is 15.0 Å². The lowest BCUT2D eigenvalue weighted by molar-refractivity contribution is -0.113. The molecule has 0 saturated heterocycles. The molecule has 1 N–H and O–H groups in total. The van der Waals surface area contributed by atoms with E-state index in [-0.39, 0.29) is 17.8 Å². The molecule has 5 nitrogen and oxygen atoms in total. The Bertz CT molecular complexity index is 334. The van der Waals surface area contributed by atoms with Crippen molar-refractivity contribution in [1.29, 1.82) is 0 Å². The van der Waals surface area contributed by atoms with Crippen LogP contribution in [0.25, 0.3) is 0 Å². The van der Waals surface area contributed by atoms with Gasteiger partial charge < -0.3 is 5.32 Å². The Hall–Kier alpha value is -1.10. The first-order valence-electron chi connectivity index (χ1n) is 4.34. The lowest BCUT2D eigenvalue weighted by Crippen LogP contribution is -2.14. The summed E-state index contributed by atoms with van der Waals surface area (Å²) in [5.41, 5.74) is 0.832. The van der Waals surface area contributed by atoms with Gasteiger partial charge in [-0.15, -0.1) is 16.7 Å². The summed E-state index contributed by atoms with van der Waals surface area (Å²) >= 11 is 5.36. The summed E-state index contributed by atoms with van der Waals surface area (Å²) in [5.74, 6) is 0.128. The summed E-state index contributed by atoms with van der Waals surface area (Å²) < 4.78 is 1.74. The Balaban J connectivity index is 2.84. The zero-order valence-corrected chi connectivity index (χ0v) is 9.17. The van der Waals surface area contributed by atoms with Crippen LogP contribution < -0.4 is 5.32 Å². The second-order valence-corrected chi connectivity index (χ2v) is 3.51. The van der Waals surface area contributed by atoms with Crippen LogP contribution in [0.15, 0.2) is 0 Å². The van der Waals surface area contributed by atoms with Gasteiger partial charge in [0.2, 0.25) is 5.91 Å². The van der Waals surface area contributed by atoms with E-state index in [1.165, 1.54) is 0 Å². The van der Waals surface area contributed by atoms with Crippen molar-refractivity contribution < 1.29 is 4.79 Å². The van der Waals surface area contributed by atoms with Crippen LogP contribution >= 0.6 is 11.6 Å². The number of nitrogens with one attached hydrogen (secondary N) is 1. The number of amides is 1. The zero-order chi connectivity index (χ0) is 10.7. The molecule has 1 rings (SSSR count). The fraction of sp³-hybridized carbons (Fsp3) is 0.625. The highest BCUT2D eigenvalue weighted by Gasteiger charge is 2.12. The fourth-order valence-corrected chi connectivity index (χ4v) is 1.18. The van der Waals surface area contributed by atoms with E-state index in [2.05, 4.69) is 15.6 Å². The van der Waals surface area contributed by atoms with Gasteiger partial charge in [-0.1, -0.05) is 5.21 Å². The molecular weight excluding hydrogens is 204 g/mol. The van der Waals surface area contributed by atoms with Crippen molar-refractivity contribution in [3.63, 3.8) is 0 Å². The summed E-state index contributed by atoms with van der Waals surface area (Å²) in [7, 11) is 0. The molecule has 0 aromatic carbocycles. The van der Waals surface area contributed by atoms with E-state index in [4.69, 9.17) is 11.6 Å². The molecule has 1 aromatic heterocycles. The fourth-order valence-electron chi connectivity index (χ4n) is 1.11. The number of aromatic nitrogens is 3. The molecule has 14 heavy (non-hydrogen) atoms. The minimum Gasteiger partial charge on any atom is -0.307 e. The topological polar surface area (TPSA) is 59.8 Å². The lowest BCUT2D eigenvalue weighted by atomic mass is 10.3. The molecule has 1 heterocycles. The van der Waals surface area contributed by atoms with Crippen molar-refractivity contribution in [2.45, 2.75) is 26.8 Å². The molecular formula is C8H13ClN4O. The van der Waals surface area contributed by atoms with Crippen molar-refractivity contribution in [3.05, 3.63) is 5.69 Å². The molecule has 1 aromatic rings. The average molecular weight is 217 g/mol. The van der Waals surface area contributed by atoms with Gasteiger partial charge in [-0.25, -0.2) is 4.68 Å². The number of carbonyl (C=O) groups excluding carboxylic acids is 1. The normalized spacial score (nSPS) is 10.6. The minimum atomic E-state index is -0.273. The number of hydrogen-bond donors (Lipinski definition) is 1. The summed E-state index contributed by atoms with van der Waals surface area (Å²) in [4.78, 5) is 11.0. The molecule has 0 spiro atoms. The molecule has 0 fully saturated rings. The number of alkyl halides is 1. The van der Waals surface area contributed by atoms with Gasteiger partial charge in [0.25, 0.3) is 0 Å². The summed E-state index contributed by atoms with van der Waals surface area (Å²) in [6.07, 6.45) is 0. The molecule has 0 aliphatic heterocycles. The van der Waals surface area contributed by atoms with E-state index in [1.54, 1.807) is 4.68 Å². The van der Waals surface area contributed by atoms with Gasteiger partial charge in [0, 0.05) is 6.04 Å². The van der Waals surface area contributed by atoms with E-state index in [0.29, 0.717) is 5.82 Å². The number of rotatable bonds is 3. The van der Waals surface area contributed by atoms with E-state index in [0.717, 1.165) is 5.69 Å². The molecule has 1 amide bonds. The van der Waals surface area contributed by atoms with E-state index in [9.17, 15) is 4.79 Å². The third-order valence-corrected chi connectivity index (χ3v) is 2.04. The maximum atomic E-state index is 11.0. The van der Waals surface area contributed by atoms with Gasteiger partial charge in [0.15, 0.2) is 5.82 Å². The second-order valence-electron chi connectivity index (χ2n) is 3.24. The Morgan fingerprint density at radius 1 is 1.64 bits per heavy atom. The summed E-state index contributed by atoms with van der Waals surface area (Å²) in [6, 6.07) is 0.226. The van der Waals surface area contributed by atoms with Crippen LogP contribution in [0.5, 0.6) is 0 Å². The largest absolute Gasteiger partial charge is 0.307 e. The van der Waals surface area contributed by atoms with E-state index >= 15 is 0 Å². The van der Waals surface area contributed by atoms with Crippen molar-refractivity contribution in [2.24, 2.45) is 0 Å². The molecule has 0 aliphatic carbocycles. The molecule has 78 valence electrons.